The zero-order valence-corrected chi connectivity index (χ0v) is 22.6. The van der Waals surface area contributed by atoms with Crippen LogP contribution in [0.2, 0.25) is 0 Å². The minimum Gasteiger partial charge on any atom is -0.404 e. The number of ether oxygens (including phenoxy) is 1. The molecule has 11 nitrogen and oxygen atoms in total. The lowest BCUT2D eigenvalue weighted by Crippen LogP contribution is -2.45. The molecule has 38 heavy (non-hydrogen) atoms. The van der Waals surface area contributed by atoms with Crippen LogP contribution in [0.5, 0.6) is 0 Å². The molecular formula is C27H39N9O2. The van der Waals surface area contributed by atoms with Crippen LogP contribution in [0, 0.1) is 0 Å². The van der Waals surface area contributed by atoms with Crippen LogP contribution in [0.4, 0.5) is 16.3 Å². The van der Waals surface area contributed by atoms with Gasteiger partial charge < -0.3 is 30.9 Å². The summed E-state index contributed by atoms with van der Waals surface area (Å²) in [5.41, 5.74) is 8.85. The van der Waals surface area contributed by atoms with Gasteiger partial charge in [-0.1, -0.05) is 0 Å². The number of benzene rings is 1. The maximum Gasteiger partial charge on any atom is 0.319 e. The van der Waals surface area contributed by atoms with Gasteiger partial charge in [0.05, 0.1) is 24.9 Å². The normalized spacial score (nSPS) is 19.6. The number of nitrogens with zero attached hydrogens (tertiary/aromatic N) is 6. The van der Waals surface area contributed by atoms with Gasteiger partial charge in [0, 0.05) is 88.2 Å². The molecule has 1 aromatic carbocycles. The number of amides is 2. The standard InChI is InChI=1S/C27H39N9O2/c1-20-19-38-13-12-36(20)25-14-24(18-35-10-8-34(3)9-11-35)31-26(33-25)22-4-6-23(7-5-22)32-27(37)30-17-21(15-28)16-29-2/h4-7,14-16,20H,8-13,17-19,28H2,1-3H3,(H2,30,32,37)/t20-/m0/s1. The number of carbonyl (C=O) groups excluding carboxylic acids is 1. The van der Waals surface area contributed by atoms with Gasteiger partial charge in [0.2, 0.25) is 0 Å². The average molecular weight is 522 g/mol. The number of carbonyl (C=O) groups is 1. The number of hydrogen-bond donors (Lipinski definition) is 3. The van der Waals surface area contributed by atoms with E-state index in [1.54, 1.807) is 13.3 Å². The zero-order chi connectivity index (χ0) is 26.9. The van der Waals surface area contributed by atoms with Crippen molar-refractivity contribution in [2.24, 2.45) is 10.7 Å². The Morgan fingerprint density at radius 3 is 2.63 bits per heavy atom. The van der Waals surface area contributed by atoms with Gasteiger partial charge in [-0.15, -0.1) is 0 Å². The summed E-state index contributed by atoms with van der Waals surface area (Å²) in [4.78, 5) is 33.2. The maximum atomic E-state index is 12.3. The Balaban J connectivity index is 1.50. The second-order valence-corrected chi connectivity index (χ2v) is 9.75. The van der Waals surface area contributed by atoms with Crippen molar-refractivity contribution in [3.8, 4) is 11.4 Å². The number of anilines is 2. The van der Waals surface area contributed by atoms with E-state index in [1.165, 1.54) is 6.20 Å². The predicted octanol–water partition coefficient (Wildman–Crippen LogP) is 1.78. The summed E-state index contributed by atoms with van der Waals surface area (Å²) < 4.78 is 5.65. The van der Waals surface area contributed by atoms with Crippen LogP contribution in [0.15, 0.2) is 47.1 Å². The third-order valence-electron chi connectivity index (χ3n) is 6.77. The molecule has 1 aromatic heterocycles. The van der Waals surface area contributed by atoms with Gasteiger partial charge >= 0.3 is 6.03 Å². The van der Waals surface area contributed by atoms with Crippen LogP contribution in [0.25, 0.3) is 11.4 Å². The molecule has 2 aromatic rings. The van der Waals surface area contributed by atoms with Gasteiger partial charge in [0.25, 0.3) is 0 Å². The first-order valence-corrected chi connectivity index (χ1v) is 13.1. The lowest BCUT2D eigenvalue weighted by atomic mass is 10.1. The molecule has 0 radical (unpaired) electrons. The number of aromatic nitrogens is 2. The lowest BCUT2D eigenvalue weighted by Gasteiger charge is -2.35. The second-order valence-electron chi connectivity index (χ2n) is 9.75. The van der Waals surface area contributed by atoms with Crippen LogP contribution in [0.3, 0.4) is 0 Å². The first-order valence-electron chi connectivity index (χ1n) is 13.1. The molecule has 2 saturated heterocycles. The van der Waals surface area contributed by atoms with Crippen molar-refractivity contribution in [2.45, 2.75) is 19.5 Å². The van der Waals surface area contributed by atoms with Crippen molar-refractivity contribution < 1.29 is 9.53 Å². The Labute approximate surface area is 224 Å². The maximum absolute atomic E-state index is 12.3. The summed E-state index contributed by atoms with van der Waals surface area (Å²) in [5, 5.41) is 5.62. The van der Waals surface area contributed by atoms with E-state index >= 15 is 0 Å². The highest BCUT2D eigenvalue weighted by atomic mass is 16.5. The predicted molar refractivity (Wildman–Crippen MR) is 152 cm³/mol. The minimum atomic E-state index is -0.324. The van der Waals surface area contributed by atoms with Crippen LogP contribution < -0.4 is 21.3 Å². The molecule has 2 aliphatic rings. The smallest absolute Gasteiger partial charge is 0.319 e. The molecule has 0 saturated carbocycles. The number of aliphatic imine (C=N–C) groups is 1. The van der Waals surface area contributed by atoms with E-state index in [9.17, 15) is 4.79 Å². The molecule has 0 spiro atoms. The highest BCUT2D eigenvalue weighted by molar-refractivity contribution is 5.90. The molecule has 0 aliphatic carbocycles. The summed E-state index contributed by atoms with van der Waals surface area (Å²) in [6.45, 7) is 9.57. The fourth-order valence-electron chi connectivity index (χ4n) is 4.52. The van der Waals surface area contributed by atoms with Crippen molar-refractivity contribution in [1.29, 1.82) is 0 Å². The van der Waals surface area contributed by atoms with Crippen molar-refractivity contribution in [3.63, 3.8) is 0 Å². The minimum absolute atomic E-state index is 0.242. The molecule has 1 atom stereocenters. The molecule has 2 aliphatic heterocycles. The number of piperazine rings is 1. The summed E-state index contributed by atoms with van der Waals surface area (Å²) in [6, 6.07) is 9.63. The Kier molecular flexibility index (Phi) is 9.63. The molecule has 4 N–H and O–H groups in total. The monoisotopic (exact) mass is 521 g/mol. The molecule has 11 heteroatoms. The third kappa shape index (κ3) is 7.50. The van der Waals surface area contributed by atoms with E-state index in [0.29, 0.717) is 24.7 Å². The highest BCUT2D eigenvalue weighted by Gasteiger charge is 2.23. The first-order chi connectivity index (χ1) is 18.4. The van der Waals surface area contributed by atoms with Gasteiger partial charge in [-0.2, -0.15) is 0 Å². The van der Waals surface area contributed by atoms with Crippen LogP contribution in [-0.2, 0) is 11.3 Å². The Bertz CT molecular complexity index is 1130. The van der Waals surface area contributed by atoms with Crippen molar-refractivity contribution in [1.82, 2.24) is 25.1 Å². The van der Waals surface area contributed by atoms with Crippen LogP contribution >= 0.6 is 0 Å². The van der Waals surface area contributed by atoms with Crippen LogP contribution in [-0.4, -0.2) is 105 Å². The van der Waals surface area contributed by atoms with E-state index in [1.807, 2.05) is 24.3 Å². The topological polar surface area (TPSA) is 124 Å². The summed E-state index contributed by atoms with van der Waals surface area (Å²) in [5.74, 6) is 1.61. The number of rotatable bonds is 8. The molecule has 2 amide bonds. The fourth-order valence-corrected chi connectivity index (χ4v) is 4.52. The number of urea groups is 1. The van der Waals surface area contributed by atoms with Gasteiger partial charge in [0.1, 0.15) is 5.82 Å². The molecule has 0 bridgehead atoms. The Morgan fingerprint density at radius 2 is 1.95 bits per heavy atom. The zero-order valence-electron chi connectivity index (χ0n) is 22.6. The highest BCUT2D eigenvalue weighted by Crippen LogP contribution is 2.25. The van der Waals surface area contributed by atoms with Crippen LogP contribution in [0.1, 0.15) is 12.6 Å². The first kappa shape index (κ1) is 27.5. The van der Waals surface area contributed by atoms with E-state index < -0.39 is 0 Å². The van der Waals surface area contributed by atoms with Gasteiger partial charge in [-0.3, -0.25) is 9.89 Å². The number of nitrogens with one attached hydrogen (secondary N) is 2. The summed E-state index contributed by atoms with van der Waals surface area (Å²) in [6.07, 6.45) is 3.03. The average Bonchev–Trinajstić information content (AvgIpc) is 2.93. The van der Waals surface area contributed by atoms with E-state index in [4.69, 9.17) is 20.4 Å². The molecule has 3 heterocycles. The Morgan fingerprint density at radius 1 is 1.18 bits per heavy atom. The number of morpholine rings is 1. The van der Waals surface area contributed by atoms with E-state index in [2.05, 4.69) is 50.4 Å². The summed E-state index contributed by atoms with van der Waals surface area (Å²) >= 11 is 0. The van der Waals surface area contributed by atoms with E-state index in [0.717, 1.165) is 61.9 Å². The van der Waals surface area contributed by atoms with E-state index in [-0.39, 0.29) is 18.6 Å². The lowest BCUT2D eigenvalue weighted by molar-refractivity contribution is 0.0985. The molecule has 4 rings (SSSR count). The molecule has 2 fully saturated rings. The van der Waals surface area contributed by atoms with Crippen molar-refractivity contribution in [3.05, 3.63) is 47.8 Å². The third-order valence-corrected chi connectivity index (χ3v) is 6.77. The fraction of sp³-hybridized carbons (Fsp3) is 0.481. The number of hydrogen-bond acceptors (Lipinski definition) is 9. The molecule has 204 valence electrons. The quantitative estimate of drug-likeness (QED) is 0.449. The Hall–Kier alpha value is -3.54. The summed E-state index contributed by atoms with van der Waals surface area (Å²) in [7, 11) is 3.82. The largest absolute Gasteiger partial charge is 0.404 e. The molecule has 0 unspecified atom stereocenters. The number of nitrogens with two attached hydrogens (primary N) is 1. The SMILES string of the molecule is CN=CC(=CN)CNC(=O)Nc1ccc(-c2nc(CN3CCN(C)CC3)cc(N3CCOC[C@@H]3C)n2)cc1. The molecular weight excluding hydrogens is 482 g/mol. The van der Waals surface area contributed by atoms with Gasteiger partial charge in [0.15, 0.2) is 5.82 Å². The van der Waals surface area contributed by atoms with Crippen molar-refractivity contribution >= 4 is 23.8 Å². The second kappa shape index (κ2) is 13.3. The van der Waals surface area contributed by atoms with Crippen molar-refractivity contribution in [2.75, 3.05) is 76.8 Å². The number of likely N-dealkylation sites (N-methyl/N-ethyl adjacent to an activating group) is 1. The van der Waals surface area contributed by atoms with Gasteiger partial charge in [-0.05, 0) is 38.2 Å². The van der Waals surface area contributed by atoms with Gasteiger partial charge in [-0.25, -0.2) is 14.8 Å².